The van der Waals surface area contributed by atoms with E-state index < -0.39 is 0 Å². The molecule has 0 aliphatic heterocycles. The molecule has 1 heteroatoms. The van der Waals surface area contributed by atoms with Crippen molar-refractivity contribution in [1.29, 1.82) is 0 Å². The molecule has 0 aromatic carbocycles. The molecule has 0 aromatic heterocycles. The van der Waals surface area contributed by atoms with Crippen LogP contribution in [0.2, 0.25) is 0 Å². The normalized spacial score (nSPS) is 14.7. The second-order valence-electron chi connectivity index (χ2n) is 5.03. The number of hydrogen-bond acceptors (Lipinski definition) is 1. The van der Waals surface area contributed by atoms with Gasteiger partial charge >= 0.3 is 0 Å². The molecule has 0 aromatic rings. The Balaban J connectivity index is 3.44. The molecule has 0 spiro atoms. The van der Waals surface area contributed by atoms with Gasteiger partial charge in [-0.15, -0.1) is 6.58 Å². The van der Waals surface area contributed by atoms with Gasteiger partial charge < -0.3 is 4.74 Å². The topological polar surface area (TPSA) is 9.23 Å². The molecule has 0 aliphatic carbocycles. The Morgan fingerprint density at radius 1 is 1.00 bits per heavy atom. The van der Waals surface area contributed by atoms with Crippen LogP contribution in [-0.2, 0) is 4.74 Å². The lowest BCUT2D eigenvalue weighted by atomic mass is 9.81. The fourth-order valence-electron chi connectivity index (χ4n) is 2.06. The van der Waals surface area contributed by atoms with Crippen LogP contribution in [-0.4, -0.2) is 13.2 Å². The standard InChI is InChI=1S/C15H30O/c1-5-11-15(4,7-3)12-9-8-10-14-16-13-6-2/h7H,3,5-6,8-14H2,1-2,4H3. The third-order valence-corrected chi connectivity index (χ3v) is 3.20. The van der Waals surface area contributed by atoms with E-state index in [1.54, 1.807) is 0 Å². The SMILES string of the molecule is C=CC(C)(CCC)CCCCCOCCC. The average molecular weight is 226 g/mol. The summed E-state index contributed by atoms with van der Waals surface area (Å²) in [5.41, 5.74) is 0.360. The van der Waals surface area contributed by atoms with Crippen molar-refractivity contribution in [2.75, 3.05) is 13.2 Å². The molecule has 1 unspecified atom stereocenters. The van der Waals surface area contributed by atoms with Crippen LogP contribution >= 0.6 is 0 Å². The smallest absolute Gasteiger partial charge is 0.0466 e. The van der Waals surface area contributed by atoms with Gasteiger partial charge in [0.2, 0.25) is 0 Å². The van der Waals surface area contributed by atoms with Gasteiger partial charge in [-0.05, 0) is 31.1 Å². The Hall–Kier alpha value is -0.300. The van der Waals surface area contributed by atoms with Crippen LogP contribution in [0.4, 0.5) is 0 Å². The zero-order valence-corrected chi connectivity index (χ0v) is 11.6. The van der Waals surface area contributed by atoms with E-state index >= 15 is 0 Å². The highest BCUT2D eigenvalue weighted by Crippen LogP contribution is 2.30. The molecule has 0 aliphatic rings. The Morgan fingerprint density at radius 2 is 1.75 bits per heavy atom. The molecular formula is C15H30O. The van der Waals surface area contributed by atoms with Crippen LogP contribution in [0.25, 0.3) is 0 Å². The quantitative estimate of drug-likeness (QED) is 0.357. The summed E-state index contributed by atoms with van der Waals surface area (Å²) in [6, 6.07) is 0. The molecule has 0 fully saturated rings. The number of rotatable bonds is 11. The van der Waals surface area contributed by atoms with Crippen LogP contribution in [0.15, 0.2) is 12.7 Å². The first-order valence-electron chi connectivity index (χ1n) is 6.90. The van der Waals surface area contributed by atoms with Crippen molar-refractivity contribution >= 4 is 0 Å². The third kappa shape index (κ3) is 7.92. The summed E-state index contributed by atoms with van der Waals surface area (Å²) >= 11 is 0. The lowest BCUT2D eigenvalue weighted by Crippen LogP contribution is -2.12. The minimum atomic E-state index is 0.360. The van der Waals surface area contributed by atoms with E-state index in [0.29, 0.717) is 5.41 Å². The van der Waals surface area contributed by atoms with Gasteiger partial charge in [0, 0.05) is 13.2 Å². The molecule has 96 valence electrons. The maximum absolute atomic E-state index is 5.47. The predicted octanol–water partition coefficient (Wildman–Crippen LogP) is 4.97. The van der Waals surface area contributed by atoms with E-state index in [-0.39, 0.29) is 0 Å². The number of ether oxygens (including phenoxy) is 1. The Bertz CT molecular complexity index is 165. The molecule has 0 N–H and O–H groups in total. The first-order chi connectivity index (χ1) is 7.68. The zero-order chi connectivity index (χ0) is 12.3. The van der Waals surface area contributed by atoms with Crippen LogP contribution < -0.4 is 0 Å². The molecule has 0 bridgehead atoms. The second kappa shape index (κ2) is 9.89. The highest BCUT2D eigenvalue weighted by Gasteiger charge is 2.17. The van der Waals surface area contributed by atoms with Crippen molar-refractivity contribution in [3.8, 4) is 0 Å². The Kier molecular flexibility index (Phi) is 9.71. The minimum absolute atomic E-state index is 0.360. The number of allylic oxidation sites excluding steroid dienone is 1. The number of hydrogen-bond donors (Lipinski definition) is 0. The predicted molar refractivity (Wildman–Crippen MR) is 72.8 cm³/mol. The largest absolute Gasteiger partial charge is 0.381 e. The van der Waals surface area contributed by atoms with Gasteiger partial charge in [0.15, 0.2) is 0 Å². The van der Waals surface area contributed by atoms with Crippen molar-refractivity contribution in [1.82, 2.24) is 0 Å². The van der Waals surface area contributed by atoms with Crippen molar-refractivity contribution in [3.63, 3.8) is 0 Å². The fraction of sp³-hybridized carbons (Fsp3) is 0.867. The molecule has 0 amide bonds. The summed E-state index contributed by atoms with van der Waals surface area (Å²) in [4.78, 5) is 0. The maximum atomic E-state index is 5.47. The van der Waals surface area contributed by atoms with Crippen LogP contribution in [0.3, 0.4) is 0 Å². The van der Waals surface area contributed by atoms with Gasteiger partial charge in [0.05, 0.1) is 0 Å². The molecule has 0 heterocycles. The van der Waals surface area contributed by atoms with Crippen molar-refractivity contribution in [2.45, 2.75) is 65.7 Å². The monoisotopic (exact) mass is 226 g/mol. The van der Waals surface area contributed by atoms with Crippen LogP contribution in [0.5, 0.6) is 0 Å². The first kappa shape index (κ1) is 15.7. The molecule has 0 rings (SSSR count). The first-order valence-corrected chi connectivity index (χ1v) is 6.90. The van der Waals surface area contributed by atoms with E-state index in [9.17, 15) is 0 Å². The molecule has 0 saturated carbocycles. The van der Waals surface area contributed by atoms with Gasteiger partial charge in [-0.1, -0.05) is 46.1 Å². The number of unbranched alkanes of at least 4 members (excludes halogenated alkanes) is 2. The van der Waals surface area contributed by atoms with E-state index in [1.807, 2.05) is 0 Å². The molecule has 16 heavy (non-hydrogen) atoms. The van der Waals surface area contributed by atoms with Crippen molar-refractivity contribution < 1.29 is 4.74 Å². The molecular weight excluding hydrogens is 196 g/mol. The summed E-state index contributed by atoms with van der Waals surface area (Å²) in [5, 5.41) is 0. The van der Waals surface area contributed by atoms with Gasteiger partial charge in [-0.2, -0.15) is 0 Å². The molecule has 0 saturated heterocycles. The van der Waals surface area contributed by atoms with E-state index in [0.717, 1.165) is 19.6 Å². The average Bonchev–Trinajstić information content (AvgIpc) is 2.28. The van der Waals surface area contributed by atoms with Crippen LogP contribution in [0.1, 0.15) is 65.7 Å². The minimum Gasteiger partial charge on any atom is -0.381 e. The lowest BCUT2D eigenvalue weighted by Gasteiger charge is -2.25. The highest BCUT2D eigenvalue weighted by atomic mass is 16.5. The van der Waals surface area contributed by atoms with Crippen molar-refractivity contribution in [3.05, 3.63) is 12.7 Å². The summed E-state index contributed by atoms with van der Waals surface area (Å²) in [5.74, 6) is 0. The van der Waals surface area contributed by atoms with E-state index in [4.69, 9.17) is 4.74 Å². The molecule has 1 nitrogen and oxygen atoms in total. The van der Waals surface area contributed by atoms with Gasteiger partial charge in [-0.25, -0.2) is 0 Å². The summed E-state index contributed by atoms with van der Waals surface area (Å²) in [6.07, 6.45) is 10.9. The van der Waals surface area contributed by atoms with Crippen LogP contribution in [0, 0.1) is 5.41 Å². The summed E-state index contributed by atoms with van der Waals surface area (Å²) in [7, 11) is 0. The van der Waals surface area contributed by atoms with Crippen molar-refractivity contribution in [2.24, 2.45) is 5.41 Å². The Labute approximate surface area is 102 Å². The summed E-state index contributed by atoms with van der Waals surface area (Å²) in [6.45, 7) is 12.6. The maximum Gasteiger partial charge on any atom is 0.0466 e. The second-order valence-corrected chi connectivity index (χ2v) is 5.03. The Morgan fingerprint density at radius 3 is 2.31 bits per heavy atom. The molecule has 0 radical (unpaired) electrons. The fourth-order valence-corrected chi connectivity index (χ4v) is 2.06. The van der Waals surface area contributed by atoms with E-state index in [2.05, 4.69) is 33.4 Å². The van der Waals surface area contributed by atoms with Gasteiger partial charge in [0.1, 0.15) is 0 Å². The molecule has 1 atom stereocenters. The van der Waals surface area contributed by atoms with Gasteiger partial charge in [-0.3, -0.25) is 0 Å². The zero-order valence-electron chi connectivity index (χ0n) is 11.6. The lowest BCUT2D eigenvalue weighted by molar-refractivity contribution is 0.129. The van der Waals surface area contributed by atoms with E-state index in [1.165, 1.54) is 38.5 Å². The highest BCUT2D eigenvalue weighted by molar-refractivity contribution is 4.90. The van der Waals surface area contributed by atoms with Gasteiger partial charge in [0.25, 0.3) is 0 Å². The third-order valence-electron chi connectivity index (χ3n) is 3.20. The summed E-state index contributed by atoms with van der Waals surface area (Å²) < 4.78 is 5.47.